The number of aromatic carboxylic acids is 1. The maximum Gasteiger partial charge on any atom is 0.354 e. The highest BCUT2D eigenvalue weighted by Crippen LogP contribution is 2.18. The SMILES string of the molecule is Cc1cc(NC(=O)N2C[C@@H](C)O[C@@H](C)C2)c(C(=O)O)[nH]1. The topological polar surface area (TPSA) is 94.7 Å². The van der Waals surface area contributed by atoms with Crippen LogP contribution >= 0.6 is 0 Å². The monoisotopic (exact) mass is 281 g/mol. The van der Waals surface area contributed by atoms with Crippen LogP contribution in [0.3, 0.4) is 0 Å². The highest BCUT2D eigenvalue weighted by Gasteiger charge is 2.27. The van der Waals surface area contributed by atoms with Crippen molar-refractivity contribution in [1.29, 1.82) is 0 Å². The van der Waals surface area contributed by atoms with Gasteiger partial charge in [0.15, 0.2) is 0 Å². The molecule has 2 rings (SSSR count). The summed E-state index contributed by atoms with van der Waals surface area (Å²) in [5, 5.41) is 11.7. The van der Waals surface area contributed by atoms with E-state index in [1.54, 1.807) is 17.9 Å². The van der Waals surface area contributed by atoms with Crippen molar-refractivity contribution in [2.24, 2.45) is 0 Å². The molecule has 1 aromatic rings. The molecule has 0 aromatic carbocycles. The van der Waals surface area contributed by atoms with Crippen LogP contribution in [0.4, 0.5) is 10.5 Å². The van der Waals surface area contributed by atoms with Gasteiger partial charge in [-0.3, -0.25) is 0 Å². The van der Waals surface area contributed by atoms with Crippen molar-refractivity contribution in [3.63, 3.8) is 0 Å². The van der Waals surface area contributed by atoms with Gasteiger partial charge in [0.05, 0.1) is 17.9 Å². The number of hydrogen-bond donors (Lipinski definition) is 3. The first-order valence-corrected chi connectivity index (χ1v) is 6.51. The molecule has 3 N–H and O–H groups in total. The molecular weight excluding hydrogens is 262 g/mol. The second kappa shape index (κ2) is 5.54. The zero-order chi connectivity index (χ0) is 14.9. The van der Waals surface area contributed by atoms with E-state index in [4.69, 9.17) is 9.84 Å². The third-order valence-electron chi connectivity index (χ3n) is 3.11. The maximum atomic E-state index is 12.2. The number of amides is 2. The fraction of sp³-hybridized carbons (Fsp3) is 0.538. The lowest BCUT2D eigenvalue weighted by Gasteiger charge is -2.35. The standard InChI is InChI=1S/C13H19N3O4/c1-7-4-10(11(14-7)12(17)18)15-13(19)16-5-8(2)20-9(3)6-16/h4,8-9,14H,5-6H2,1-3H3,(H,15,19)(H,17,18)/t8-,9+. The number of anilines is 1. The predicted molar refractivity (Wildman–Crippen MR) is 73.1 cm³/mol. The lowest BCUT2D eigenvalue weighted by Crippen LogP contribution is -2.49. The summed E-state index contributed by atoms with van der Waals surface area (Å²) in [6.07, 6.45) is -0.0622. The van der Waals surface area contributed by atoms with Crippen molar-refractivity contribution in [2.45, 2.75) is 33.0 Å². The minimum atomic E-state index is -1.10. The highest BCUT2D eigenvalue weighted by molar-refractivity contribution is 5.99. The van der Waals surface area contributed by atoms with Gasteiger partial charge in [-0.25, -0.2) is 9.59 Å². The Bertz CT molecular complexity index is 516. The molecule has 2 heterocycles. The van der Waals surface area contributed by atoms with E-state index in [2.05, 4.69) is 10.3 Å². The van der Waals surface area contributed by atoms with Crippen LogP contribution in [0.15, 0.2) is 6.07 Å². The molecule has 1 aliphatic heterocycles. The van der Waals surface area contributed by atoms with Gasteiger partial charge < -0.3 is 25.0 Å². The van der Waals surface area contributed by atoms with Crippen LogP contribution in [0.25, 0.3) is 0 Å². The van der Waals surface area contributed by atoms with Crippen LogP contribution in [0.1, 0.15) is 30.0 Å². The van der Waals surface area contributed by atoms with E-state index in [0.717, 1.165) is 0 Å². The molecule has 0 bridgehead atoms. The van der Waals surface area contributed by atoms with Crippen LogP contribution < -0.4 is 5.32 Å². The Morgan fingerprint density at radius 1 is 1.40 bits per heavy atom. The summed E-state index contributed by atoms with van der Waals surface area (Å²) in [7, 11) is 0. The number of carboxylic acid groups (broad SMARTS) is 1. The molecule has 0 spiro atoms. The molecule has 2 amide bonds. The Balaban J connectivity index is 2.10. The second-order valence-corrected chi connectivity index (χ2v) is 5.14. The number of urea groups is 1. The molecule has 1 aromatic heterocycles. The second-order valence-electron chi connectivity index (χ2n) is 5.14. The van der Waals surface area contributed by atoms with Crippen LogP contribution in [0, 0.1) is 6.92 Å². The van der Waals surface area contributed by atoms with Crippen LogP contribution in [0.5, 0.6) is 0 Å². The van der Waals surface area contributed by atoms with Crippen molar-refractivity contribution < 1.29 is 19.4 Å². The Morgan fingerprint density at radius 3 is 2.55 bits per heavy atom. The zero-order valence-corrected chi connectivity index (χ0v) is 11.8. The normalized spacial score (nSPS) is 22.6. The van der Waals surface area contributed by atoms with E-state index in [1.807, 2.05) is 13.8 Å². The molecule has 1 fully saturated rings. The summed E-state index contributed by atoms with van der Waals surface area (Å²) in [6.45, 7) is 6.52. The number of nitrogens with one attached hydrogen (secondary N) is 2. The maximum absolute atomic E-state index is 12.2. The van der Waals surface area contributed by atoms with E-state index in [9.17, 15) is 9.59 Å². The molecule has 1 saturated heterocycles. The van der Waals surface area contributed by atoms with E-state index in [-0.39, 0.29) is 29.6 Å². The Morgan fingerprint density at radius 2 is 2.00 bits per heavy atom. The number of hydrogen-bond acceptors (Lipinski definition) is 3. The number of H-pyrrole nitrogens is 1. The molecule has 2 atom stereocenters. The Hall–Kier alpha value is -2.02. The minimum absolute atomic E-state index is 0.00907. The molecule has 7 nitrogen and oxygen atoms in total. The first-order valence-electron chi connectivity index (χ1n) is 6.51. The van der Waals surface area contributed by atoms with Crippen molar-refractivity contribution >= 4 is 17.7 Å². The number of aromatic amines is 1. The number of nitrogens with zero attached hydrogens (tertiary/aromatic N) is 1. The average Bonchev–Trinajstić information content (AvgIpc) is 2.69. The summed E-state index contributed by atoms with van der Waals surface area (Å²) in [5.41, 5.74) is 0.957. The van der Waals surface area contributed by atoms with Gasteiger partial charge in [-0.15, -0.1) is 0 Å². The van der Waals surface area contributed by atoms with E-state index in [1.165, 1.54) is 0 Å². The number of carbonyl (C=O) groups is 2. The lowest BCUT2D eigenvalue weighted by molar-refractivity contribution is -0.0530. The fourth-order valence-corrected chi connectivity index (χ4v) is 2.39. The Labute approximate surface area is 116 Å². The van der Waals surface area contributed by atoms with Gasteiger partial charge in [0, 0.05) is 18.8 Å². The van der Waals surface area contributed by atoms with Crippen molar-refractivity contribution in [2.75, 3.05) is 18.4 Å². The molecule has 0 unspecified atom stereocenters. The van der Waals surface area contributed by atoms with Crippen molar-refractivity contribution in [1.82, 2.24) is 9.88 Å². The minimum Gasteiger partial charge on any atom is -0.477 e. The van der Waals surface area contributed by atoms with Gasteiger partial charge in [0.25, 0.3) is 0 Å². The lowest BCUT2D eigenvalue weighted by atomic mass is 10.2. The van der Waals surface area contributed by atoms with Crippen molar-refractivity contribution in [3.05, 3.63) is 17.5 Å². The van der Waals surface area contributed by atoms with E-state index >= 15 is 0 Å². The summed E-state index contributed by atoms with van der Waals surface area (Å²) >= 11 is 0. The number of aromatic nitrogens is 1. The number of aryl methyl sites for hydroxylation is 1. The smallest absolute Gasteiger partial charge is 0.354 e. The van der Waals surface area contributed by atoms with Gasteiger partial charge in [0.2, 0.25) is 0 Å². The van der Waals surface area contributed by atoms with Gasteiger partial charge in [-0.1, -0.05) is 0 Å². The van der Waals surface area contributed by atoms with E-state index < -0.39 is 5.97 Å². The molecule has 7 heteroatoms. The summed E-state index contributed by atoms with van der Waals surface area (Å²) < 4.78 is 5.56. The summed E-state index contributed by atoms with van der Waals surface area (Å²) in [4.78, 5) is 27.6. The molecule has 0 saturated carbocycles. The molecule has 1 aliphatic rings. The number of carboxylic acids is 1. The van der Waals surface area contributed by atoms with Crippen molar-refractivity contribution in [3.8, 4) is 0 Å². The van der Waals surface area contributed by atoms with Gasteiger partial charge in [-0.05, 0) is 26.8 Å². The molecule has 0 radical (unpaired) electrons. The fourth-order valence-electron chi connectivity index (χ4n) is 2.39. The van der Waals surface area contributed by atoms with E-state index in [0.29, 0.717) is 18.8 Å². The van der Waals surface area contributed by atoms with Crippen LogP contribution in [0.2, 0.25) is 0 Å². The first kappa shape index (κ1) is 14.4. The summed E-state index contributed by atoms with van der Waals surface area (Å²) in [5.74, 6) is -1.10. The molecule has 20 heavy (non-hydrogen) atoms. The average molecular weight is 281 g/mol. The first-order chi connectivity index (χ1) is 9.36. The van der Waals surface area contributed by atoms with Crippen LogP contribution in [-0.4, -0.2) is 52.3 Å². The van der Waals surface area contributed by atoms with Gasteiger partial charge in [0.1, 0.15) is 5.69 Å². The number of morpholine rings is 1. The molecular formula is C13H19N3O4. The van der Waals surface area contributed by atoms with Gasteiger partial charge >= 0.3 is 12.0 Å². The number of carbonyl (C=O) groups excluding carboxylic acids is 1. The predicted octanol–water partition coefficient (Wildman–Crippen LogP) is 1.66. The zero-order valence-electron chi connectivity index (χ0n) is 11.8. The van der Waals surface area contributed by atoms with Gasteiger partial charge in [-0.2, -0.15) is 0 Å². The third-order valence-corrected chi connectivity index (χ3v) is 3.11. The summed E-state index contributed by atoms with van der Waals surface area (Å²) in [6, 6.07) is 1.29. The number of ether oxygens (including phenoxy) is 1. The number of rotatable bonds is 2. The third kappa shape index (κ3) is 3.11. The Kier molecular flexibility index (Phi) is 3.99. The highest BCUT2D eigenvalue weighted by atomic mass is 16.5. The van der Waals surface area contributed by atoms with Crippen LogP contribution in [-0.2, 0) is 4.74 Å². The quantitative estimate of drug-likeness (QED) is 0.768. The largest absolute Gasteiger partial charge is 0.477 e. The molecule has 110 valence electrons. The molecule has 0 aliphatic carbocycles.